The van der Waals surface area contributed by atoms with Gasteiger partial charge in [-0.2, -0.15) is 0 Å². The number of carbonyl (C=O) groups is 2. The fourth-order valence-electron chi connectivity index (χ4n) is 3.07. The summed E-state index contributed by atoms with van der Waals surface area (Å²) in [7, 11) is 0. The molecular formula is C16H17N3O2. The number of benzene rings is 1. The third-order valence-electron chi connectivity index (χ3n) is 4.11. The smallest absolute Gasteiger partial charge is 0.250 e. The molecule has 0 radical (unpaired) electrons. The third-order valence-corrected chi connectivity index (χ3v) is 4.11. The zero-order valence-electron chi connectivity index (χ0n) is 12.0. The van der Waals surface area contributed by atoms with Crippen LogP contribution >= 0.6 is 0 Å². The van der Waals surface area contributed by atoms with Crippen LogP contribution in [0.3, 0.4) is 0 Å². The van der Waals surface area contributed by atoms with E-state index in [4.69, 9.17) is 5.73 Å². The van der Waals surface area contributed by atoms with Gasteiger partial charge in [0.2, 0.25) is 5.91 Å². The maximum absolute atomic E-state index is 12.2. The number of aromatic nitrogens is 1. The number of fused-ring (bicyclic) bond motifs is 1. The number of aryl methyl sites for hydroxylation is 1. The van der Waals surface area contributed by atoms with Crippen molar-refractivity contribution < 1.29 is 9.59 Å². The normalized spacial score (nSPS) is 16.7. The number of amides is 2. The first-order valence-corrected chi connectivity index (χ1v) is 6.86. The van der Waals surface area contributed by atoms with Gasteiger partial charge in [0.1, 0.15) is 0 Å². The number of nitrogens with two attached hydrogens (primary N) is 1. The Morgan fingerprint density at radius 2 is 2.00 bits per heavy atom. The highest BCUT2D eigenvalue weighted by Gasteiger charge is 2.31. The largest absolute Gasteiger partial charge is 0.366 e. The molecule has 21 heavy (non-hydrogen) atoms. The van der Waals surface area contributed by atoms with Crippen molar-refractivity contribution in [1.29, 1.82) is 0 Å². The van der Waals surface area contributed by atoms with Crippen LogP contribution in [0.1, 0.15) is 38.8 Å². The molecular weight excluding hydrogens is 266 g/mol. The van der Waals surface area contributed by atoms with Crippen molar-refractivity contribution in [2.24, 2.45) is 5.73 Å². The number of H-pyrrole nitrogens is 1. The van der Waals surface area contributed by atoms with Gasteiger partial charge in [-0.05, 0) is 31.0 Å². The minimum Gasteiger partial charge on any atom is -0.366 e. The standard InChI is InChI=1S/C16H17N3O2/c1-8-13(18-9(2)14(8)15(17)20)7-11-10-5-3-4-6-12(10)19-16(11)21/h3-6,11,18H,7H2,1-2H3,(H2,17,20)(H,19,21). The highest BCUT2D eigenvalue weighted by Crippen LogP contribution is 2.35. The van der Waals surface area contributed by atoms with E-state index in [1.54, 1.807) is 0 Å². The Kier molecular flexibility index (Phi) is 3.05. The maximum Gasteiger partial charge on any atom is 0.250 e. The Hall–Kier alpha value is -2.56. The van der Waals surface area contributed by atoms with Crippen molar-refractivity contribution in [2.45, 2.75) is 26.2 Å². The summed E-state index contributed by atoms with van der Waals surface area (Å²) in [5.41, 5.74) is 10.3. The fourth-order valence-corrected chi connectivity index (χ4v) is 3.07. The van der Waals surface area contributed by atoms with E-state index in [1.165, 1.54) is 0 Å². The summed E-state index contributed by atoms with van der Waals surface area (Å²) < 4.78 is 0. The molecule has 2 heterocycles. The van der Waals surface area contributed by atoms with E-state index in [1.807, 2.05) is 38.1 Å². The lowest BCUT2D eigenvalue weighted by molar-refractivity contribution is -0.117. The number of anilines is 1. The molecule has 1 aliphatic heterocycles. The van der Waals surface area contributed by atoms with Gasteiger partial charge in [-0.15, -0.1) is 0 Å². The topological polar surface area (TPSA) is 88.0 Å². The molecule has 4 N–H and O–H groups in total. The summed E-state index contributed by atoms with van der Waals surface area (Å²) in [5.74, 6) is -0.689. The first-order chi connectivity index (χ1) is 9.99. The summed E-state index contributed by atoms with van der Waals surface area (Å²) in [4.78, 5) is 26.8. The predicted octanol–water partition coefficient (Wildman–Crippen LogP) is 2.01. The lowest BCUT2D eigenvalue weighted by Gasteiger charge is -2.08. The molecule has 0 spiro atoms. The number of primary amides is 1. The molecule has 0 bridgehead atoms. The van der Waals surface area contributed by atoms with Gasteiger partial charge < -0.3 is 16.0 Å². The molecule has 1 aromatic carbocycles. The summed E-state index contributed by atoms with van der Waals surface area (Å²) in [5, 5.41) is 2.89. The number of hydrogen-bond donors (Lipinski definition) is 3. The summed E-state index contributed by atoms with van der Waals surface area (Å²) in [6.07, 6.45) is 0.531. The van der Waals surface area contributed by atoms with Crippen LogP contribution < -0.4 is 11.1 Å². The van der Waals surface area contributed by atoms with Gasteiger partial charge in [0, 0.05) is 23.5 Å². The van der Waals surface area contributed by atoms with E-state index in [0.29, 0.717) is 12.0 Å². The molecule has 1 aliphatic rings. The summed E-state index contributed by atoms with van der Waals surface area (Å²) in [6, 6.07) is 7.68. The molecule has 0 aliphatic carbocycles. The molecule has 1 atom stereocenters. The molecule has 5 heteroatoms. The quantitative estimate of drug-likeness (QED) is 0.804. The van der Waals surface area contributed by atoms with Crippen molar-refractivity contribution in [2.75, 3.05) is 5.32 Å². The van der Waals surface area contributed by atoms with Crippen molar-refractivity contribution >= 4 is 17.5 Å². The van der Waals surface area contributed by atoms with Crippen LogP contribution in [-0.4, -0.2) is 16.8 Å². The second kappa shape index (κ2) is 4.77. The molecule has 0 saturated carbocycles. The number of para-hydroxylation sites is 1. The van der Waals surface area contributed by atoms with Crippen LogP contribution in [0.5, 0.6) is 0 Å². The molecule has 3 rings (SSSR count). The minimum absolute atomic E-state index is 0.0107. The Bertz CT molecular complexity index is 746. The van der Waals surface area contributed by atoms with Crippen LogP contribution in [0.25, 0.3) is 0 Å². The van der Waals surface area contributed by atoms with Gasteiger partial charge in [-0.1, -0.05) is 18.2 Å². The van der Waals surface area contributed by atoms with Gasteiger partial charge >= 0.3 is 0 Å². The number of aromatic amines is 1. The second-order valence-electron chi connectivity index (χ2n) is 5.43. The first kappa shape index (κ1) is 13.4. The number of nitrogens with one attached hydrogen (secondary N) is 2. The van der Waals surface area contributed by atoms with E-state index in [2.05, 4.69) is 10.3 Å². The highest BCUT2D eigenvalue weighted by atomic mass is 16.2. The van der Waals surface area contributed by atoms with Crippen LogP contribution in [0.15, 0.2) is 24.3 Å². The van der Waals surface area contributed by atoms with Gasteiger partial charge in [0.15, 0.2) is 0 Å². The van der Waals surface area contributed by atoms with E-state index >= 15 is 0 Å². The molecule has 0 fully saturated rings. The van der Waals surface area contributed by atoms with E-state index in [9.17, 15) is 9.59 Å². The predicted molar refractivity (Wildman–Crippen MR) is 80.3 cm³/mol. The average molecular weight is 283 g/mol. The minimum atomic E-state index is -0.441. The Morgan fingerprint density at radius 3 is 2.67 bits per heavy atom. The van der Waals surface area contributed by atoms with Crippen molar-refractivity contribution in [3.05, 3.63) is 52.3 Å². The first-order valence-electron chi connectivity index (χ1n) is 6.86. The maximum atomic E-state index is 12.2. The van der Waals surface area contributed by atoms with Gasteiger partial charge in [0.25, 0.3) is 5.91 Å². The van der Waals surface area contributed by atoms with Gasteiger partial charge in [-0.3, -0.25) is 9.59 Å². The SMILES string of the molecule is Cc1[nH]c(CC2C(=O)Nc3ccccc32)c(C)c1C(N)=O. The van der Waals surface area contributed by atoms with Crippen LogP contribution in [-0.2, 0) is 11.2 Å². The molecule has 1 aromatic heterocycles. The Morgan fingerprint density at radius 1 is 1.29 bits per heavy atom. The second-order valence-corrected chi connectivity index (χ2v) is 5.43. The molecule has 2 amide bonds. The fraction of sp³-hybridized carbons (Fsp3) is 0.250. The van der Waals surface area contributed by atoms with Crippen LogP contribution in [0, 0.1) is 13.8 Å². The zero-order chi connectivity index (χ0) is 15.1. The van der Waals surface area contributed by atoms with E-state index < -0.39 is 5.91 Å². The van der Waals surface area contributed by atoms with Crippen molar-refractivity contribution in [1.82, 2.24) is 4.98 Å². The molecule has 5 nitrogen and oxygen atoms in total. The molecule has 0 saturated heterocycles. The van der Waals surface area contributed by atoms with Gasteiger partial charge in [-0.25, -0.2) is 0 Å². The van der Waals surface area contributed by atoms with Crippen molar-refractivity contribution in [3.8, 4) is 0 Å². The number of hydrogen-bond acceptors (Lipinski definition) is 2. The number of rotatable bonds is 3. The molecule has 2 aromatic rings. The molecule has 1 unspecified atom stereocenters. The monoisotopic (exact) mass is 283 g/mol. The lowest BCUT2D eigenvalue weighted by Crippen LogP contribution is -2.15. The Labute approximate surface area is 122 Å². The Balaban J connectivity index is 1.97. The van der Waals surface area contributed by atoms with E-state index in [-0.39, 0.29) is 11.8 Å². The zero-order valence-corrected chi connectivity index (χ0v) is 12.0. The third kappa shape index (κ3) is 2.11. The van der Waals surface area contributed by atoms with Crippen molar-refractivity contribution in [3.63, 3.8) is 0 Å². The lowest BCUT2D eigenvalue weighted by atomic mass is 9.94. The van der Waals surface area contributed by atoms with Crippen LogP contribution in [0.2, 0.25) is 0 Å². The summed E-state index contributed by atoms with van der Waals surface area (Å²) >= 11 is 0. The molecule has 108 valence electrons. The average Bonchev–Trinajstić information content (AvgIpc) is 2.88. The highest BCUT2D eigenvalue weighted by molar-refractivity contribution is 6.03. The number of carbonyl (C=O) groups excluding carboxylic acids is 2. The summed E-state index contributed by atoms with van der Waals surface area (Å²) in [6.45, 7) is 3.68. The van der Waals surface area contributed by atoms with Crippen LogP contribution in [0.4, 0.5) is 5.69 Å². The van der Waals surface area contributed by atoms with E-state index in [0.717, 1.165) is 28.2 Å². The van der Waals surface area contributed by atoms with Gasteiger partial charge in [0.05, 0.1) is 11.5 Å².